The van der Waals surface area contributed by atoms with Crippen molar-refractivity contribution in [2.75, 3.05) is 13.6 Å². The molecule has 0 spiro atoms. The van der Waals surface area contributed by atoms with Crippen LogP contribution in [0.15, 0.2) is 88.5 Å². The van der Waals surface area contributed by atoms with Gasteiger partial charge in [-0.2, -0.15) is 15.6 Å². The largest absolute Gasteiger partial charge is 0.242 e. The predicted octanol–water partition coefficient (Wildman–Crippen LogP) is 5.49. The zero-order valence-electron chi connectivity index (χ0n) is 15.8. The molecule has 3 nitrogen and oxygen atoms in total. The summed E-state index contributed by atoms with van der Waals surface area (Å²) in [7, 11) is -2.04. The smallest absolute Gasteiger partial charge is 0.207 e. The Labute approximate surface area is 174 Å². The third-order valence-electron chi connectivity index (χ3n) is 5.12. The molecule has 1 atom stereocenters. The van der Waals surface area contributed by atoms with E-state index in [4.69, 9.17) is 0 Å². The summed E-state index contributed by atoms with van der Waals surface area (Å²) in [4.78, 5) is 0.260. The molecule has 0 aliphatic carbocycles. The Morgan fingerprint density at radius 2 is 1.62 bits per heavy atom. The minimum Gasteiger partial charge on any atom is -0.207 e. The van der Waals surface area contributed by atoms with Crippen molar-refractivity contribution in [3.63, 3.8) is 0 Å². The van der Waals surface area contributed by atoms with Gasteiger partial charge in [0.1, 0.15) is 5.82 Å². The summed E-state index contributed by atoms with van der Waals surface area (Å²) in [5.74, 6) is -0.492. The van der Waals surface area contributed by atoms with Crippen molar-refractivity contribution >= 4 is 32.1 Å². The van der Waals surface area contributed by atoms with E-state index in [1.165, 1.54) is 10.4 Å². The minimum atomic E-state index is -3.63. The van der Waals surface area contributed by atoms with E-state index in [1.54, 1.807) is 66.9 Å². The van der Waals surface area contributed by atoms with Gasteiger partial charge in [-0.15, -0.1) is 0 Å². The summed E-state index contributed by atoms with van der Waals surface area (Å²) < 4.78 is 41.8. The first-order chi connectivity index (χ1) is 14.0. The van der Waals surface area contributed by atoms with Gasteiger partial charge in [0.25, 0.3) is 0 Å². The lowest BCUT2D eigenvalue weighted by Gasteiger charge is -2.25. The number of sulfonamides is 1. The van der Waals surface area contributed by atoms with Crippen LogP contribution in [0.25, 0.3) is 10.8 Å². The molecule has 0 aliphatic heterocycles. The number of hydrogen-bond acceptors (Lipinski definition) is 3. The van der Waals surface area contributed by atoms with Crippen LogP contribution in [0, 0.1) is 5.82 Å². The third-order valence-corrected chi connectivity index (χ3v) is 7.66. The number of hydrogen-bond donors (Lipinski definition) is 0. The van der Waals surface area contributed by atoms with Crippen LogP contribution in [0.2, 0.25) is 0 Å². The average molecular weight is 426 g/mol. The van der Waals surface area contributed by atoms with E-state index in [0.717, 1.165) is 16.5 Å². The number of likely N-dealkylation sites (N-methyl/N-ethyl adjacent to an activating group) is 1. The highest BCUT2D eigenvalue weighted by Gasteiger charge is 2.27. The maximum absolute atomic E-state index is 14.3. The normalized spacial score (nSPS) is 13.1. The van der Waals surface area contributed by atoms with Gasteiger partial charge in [-0.1, -0.05) is 48.5 Å². The Morgan fingerprint density at radius 3 is 2.31 bits per heavy atom. The molecule has 4 rings (SSSR count). The highest BCUT2D eigenvalue weighted by Crippen LogP contribution is 2.34. The molecule has 1 heterocycles. The van der Waals surface area contributed by atoms with Gasteiger partial charge >= 0.3 is 0 Å². The van der Waals surface area contributed by atoms with Crippen LogP contribution in [0.3, 0.4) is 0 Å². The molecule has 29 heavy (non-hydrogen) atoms. The lowest BCUT2D eigenvalue weighted by molar-refractivity contribution is 0.455. The summed E-state index contributed by atoms with van der Waals surface area (Å²) in [6.07, 6.45) is 0. The van der Waals surface area contributed by atoms with Crippen LogP contribution in [-0.4, -0.2) is 26.3 Å². The van der Waals surface area contributed by atoms with E-state index < -0.39 is 10.0 Å². The lowest BCUT2D eigenvalue weighted by atomic mass is 9.89. The molecule has 0 radical (unpaired) electrons. The second kappa shape index (κ2) is 8.06. The highest BCUT2D eigenvalue weighted by atomic mass is 32.2. The van der Waals surface area contributed by atoms with Gasteiger partial charge in [0.2, 0.25) is 10.0 Å². The van der Waals surface area contributed by atoms with Gasteiger partial charge in [0, 0.05) is 24.9 Å². The number of halogens is 1. The van der Waals surface area contributed by atoms with Crippen molar-refractivity contribution in [3.8, 4) is 0 Å². The SMILES string of the molecule is CN(C[C@@H](c1ccsc1)c1ccc(F)c2ccccc12)S(=O)(=O)c1ccccc1. The van der Waals surface area contributed by atoms with E-state index in [2.05, 4.69) is 0 Å². The molecule has 0 fully saturated rings. The molecule has 0 N–H and O–H groups in total. The Kier molecular flexibility index (Phi) is 5.50. The topological polar surface area (TPSA) is 37.4 Å². The van der Waals surface area contributed by atoms with Crippen LogP contribution >= 0.6 is 11.3 Å². The Bertz CT molecular complexity index is 1220. The van der Waals surface area contributed by atoms with E-state index in [1.807, 2.05) is 29.0 Å². The van der Waals surface area contributed by atoms with Crippen LogP contribution in [0.4, 0.5) is 4.39 Å². The van der Waals surface area contributed by atoms with Gasteiger partial charge in [0.05, 0.1) is 4.90 Å². The Balaban J connectivity index is 1.79. The summed E-state index contributed by atoms with van der Waals surface area (Å²) in [5.41, 5.74) is 1.93. The molecular formula is C23H20FNO2S2. The molecule has 4 aromatic rings. The first-order valence-corrected chi connectivity index (χ1v) is 11.6. The van der Waals surface area contributed by atoms with E-state index in [0.29, 0.717) is 5.39 Å². The zero-order valence-corrected chi connectivity index (χ0v) is 17.5. The van der Waals surface area contributed by atoms with Crippen molar-refractivity contribution in [1.82, 2.24) is 4.31 Å². The first-order valence-electron chi connectivity index (χ1n) is 9.19. The molecule has 3 aromatic carbocycles. The minimum absolute atomic E-state index is 0.213. The van der Waals surface area contributed by atoms with Crippen LogP contribution in [0.1, 0.15) is 17.0 Å². The second-order valence-corrected chi connectivity index (χ2v) is 9.71. The predicted molar refractivity (Wildman–Crippen MR) is 116 cm³/mol. The van der Waals surface area contributed by atoms with Gasteiger partial charge in [-0.3, -0.25) is 0 Å². The van der Waals surface area contributed by atoms with Crippen molar-refractivity contribution in [3.05, 3.63) is 101 Å². The Hall–Kier alpha value is -2.54. The lowest BCUT2D eigenvalue weighted by Crippen LogP contribution is -2.31. The van der Waals surface area contributed by atoms with E-state index in [-0.39, 0.29) is 23.2 Å². The van der Waals surface area contributed by atoms with Crippen molar-refractivity contribution < 1.29 is 12.8 Å². The van der Waals surface area contributed by atoms with Crippen molar-refractivity contribution in [1.29, 1.82) is 0 Å². The summed E-state index contributed by atoms with van der Waals surface area (Å²) in [6, 6.07) is 21.0. The molecule has 6 heteroatoms. The molecule has 1 aromatic heterocycles. The van der Waals surface area contributed by atoms with Gasteiger partial charge in [0.15, 0.2) is 0 Å². The summed E-state index contributed by atoms with van der Waals surface area (Å²) >= 11 is 1.56. The number of thiophene rings is 1. The van der Waals surface area contributed by atoms with E-state index >= 15 is 0 Å². The van der Waals surface area contributed by atoms with Gasteiger partial charge in [-0.05, 0) is 51.5 Å². The number of fused-ring (bicyclic) bond motifs is 1. The molecule has 0 aliphatic rings. The number of benzene rings is 3. The standard InChI is InChI=1S/C23H20FNO2S2/c1-25(29(26,27)18-7-3-2-4-8-18)15-22(17-13-14-28-16-17)20-11-12-23(24)21-10-6-5-9-19(20)21/h2-14,16,22H,15H2,1H3/t22-/m0/s1. The molecule has 0 amide bonds. The van der Waals surface area contributed by atoms with Gasteiger partial charge < -0.3 is 0 Å². The van der Waals surface area contributed by atoms with Crippen molar-refractivity contribution in [2.45, 2.75) is 10.8 Å². The fourth-order valence-corrected chi connectivity index (χ4v) is 5.49. The maximum Gasteiger partial charge on any atom is 0.242 e. The van der Waals surface area contributed by atoms with Crippen LogP contribution in [0.5, 0.6) is 0 Å². The Morgan fingerprint density at radius 1 is 0.931 bits per heavy atom. The molecule has 0 unspecified atom stereocenters. The first kappa shape index (κ1) is 19.8. The fraction of sp³-hybridized carbons (Fsp3) is 0.130. The van der Waals surface area contributed by atoms with Crippen LogP contribution < -0.4 is 0 Å². The molecule has 0 saturated heterocycles. The maximum atomic E-state index is 14.3. The second-order valence-electron chi connectivity index (χ2n) is 6.89. The number of rotatable bonds is 6. The van der Waals surface area contributed by atoms with Gasteiger partial charge in [-0.25, -0.2) is 12.8 Å². The van der Waals surface area contributed by atoms with Crippen molar-refractivity contribution in [2.24, 2.45) is 0 Å². The molecular weight excluding hydrogens is 405 g/mol. The highest BCUT2D eigenvalue weighted by molar-refractivity contribution is 7.89. The molecule has 0 bridgehead atoms. The third kappa shape index (κ3) is 3.83. The monoisotopic (exact) mass is 425 g/mol. The molecule has 0 saturated carbocycles. The zero-order chi connectivity index (χ0) is 20.4. The van der Waals surface area contributed by atoms with E-state index in [9.17, 15) is 12.8 Å². The fourth-order valence-electron chi connectivity index (χ4n) is 3.57. The average Bonchev–Trinajstić information content (AvgIpc) is 3.28. The summed E-state index contributed by atoms with van der Waals surface area (Å²) in [5, 5.41) is 5.33. The quantitative estimate of drug-likeness (QED) is 0.409. The number of nitrogens with zero attached hydrogens (tertiary/aromatic N) is 1. The summed E-state index contributed by atoms with van der Waals surface area (Å²) in [6.45, 7) is 0.254. The molecule has 148 valence electrons. The van der Waals surface area contributed by atoms with Crippen LogP contribution in [-0.2, 0) is 10.0 Å².